The number of nitrogens with zero attached hydrogens (tertiary/aromatic N) is 2. The van der Waals surface area contributed by atoms with Gasteiger partial charge in [-0.15, -0.1) is 0 Å². The van der Waals surface area contributed by atoms with Crippen molar-refractivity contribution < 1.29 is 0 Å². The van der Waals surface area contributed by atoms with Crippen molar-refractivity contribution in [1.29, 1.82) is 0 Å². The highest BCUT2D eigenvalue weighted by Gasteiger charge is 2.31. The number of likely N-dealkylation sites (N-methyl/N-ethyl adjacent to an activating group) is 1. The minimum atomic E-state index is 0.430. The van der Waals surface area contributed by atoms with Gasteiger partial charge in [-0.05, 0) is 58.2 Å². The van der Waals surface area contributed by atoms with E-state index in [0.717, 1.165) is 6.04 Å². The van der Waals surface area contributed by atoms with Gasteiger partial charge in [-0.3, -0.25) is 4.90 Å². The Balaban J connectivity index is 1.87. The molecule has 0 aromatic rings. The minimum absolute atomic E-state index is 0.430. The van der Waals surface area contributed by atoms with E-state index in [1.54, 1.807) is 0 Å². The second-order valence-corrected chi connectivity index (χ2v) is 7.25. The molecule has 0 aromatic heterocycles. The molecule has 1 heterocycles. The van der Waals surface area contributed by atoms with Gasteiger partial charge in [0.15, 0.2) is 0 Å². The summed E-state index contributed by atoms with van der Waals surface area (Å²) in [6, 6.07) is 1.53. The maximum atomic E-state index is 3.74. The molecule has 112 valence electrons. The fraction of sp³-hybridized carbons (Fsp3) is 1.00. The van der Waals surface area contributed by atoms with Gasteiger partial charge in [-0.25, -0.2) is 0 Å². The molecule has 2 atom stereocenters. The Kier molecular flexibility index (Phi) is 5.27. The Morgan fingerprint density at radius 1 is 1.26 bits per heavy atom. The zero-order valence-corrected chi connectivity index (χ0v) is 13.4. The molecule has 1 aliphatic carbocycles. The molecule has 1 aliphatic heterocycles. The Labute approximate surface area is 119 Å². The number of nitrogens with one attached hydrogen (secondary N) is 1. The van der Waals surface area contributed by atoms with Crippen molar-refractivity contribution >= 4 is 0 Å². The van der Waals surface area contributed by atoms with Crippen LogP contribution >= 0.6 is 0 Å². The van der Waals surface area contributed by atoms with Gasteiger partial charge < -0.3 is 10.2 Å². The lowest BCUT2D eigenvalue weighted by Gasteiger charge is -2.38. The second kappa shape index (κ2) is 6.55. The molecule has 0 aromatic carbocycles. The van der Waals surface area contributed by atoms with Gasteiger partial charge in [-0.1, -0.05) is 13.8 Å². The lowest BCUT2D eigenvalue weighted by atomic mass is 9.86. The van der Waals surface area contributed by atoms with E-state index in [9.17, 15) is 0 Å². The fourth-order valence-corrected chi connectivity index (χ4v) is 3.12. The third-order valence-corrected chi connectivity index (χ3v) is 5.02. The first kappa shape index (κ1) is 15.3. The molecule has 2 unspecified atom stereocenters. The first-order chi connectivity index (χ1) is 9.02. The Morgan fingerprint density at radius 2 is 2.00 bits per heavy atom. The fourth-order valence-electron chi connectivity index (χ4n) is 3.12. The maximum Gasteiger partial charge on any atom is 0.0195 e. The van der Waals surface area contributed by atoms with Crippen molar-refractivity contribution in [1.82, 2.24) is 15.1 Å². The highest BCUT2D eigenvalue weighted by molar-refractivity contribution is 4.88. The third-order valence-electron chi connectivity index (χ3n) is 5.02. The Morgan fingerprint density at radius 3 is 2.63 bits per heavy atom. The van der Waals surface area contributed by atoms with E-state index in [0.29, 0.717) is 11.5 Å². The van der Waals surface area contributed by atoms with Crippen LogP contribution in [-0.4, -0.2) is 61.7 Å². The summed E-state index contributed by atoms with van der Waals surface area (Å²) in [7, 11) is 2.26. The summed E-state index contributed by atoms with van der Waals surface area (Å²) in [6.07, 6.45) is 5.37. The number of rotatable bonds is 6. The van der Waals surface area contributed by atoms with Gasteiger partial charge in [0.1, 0.15) is 0 Å². The Bertz CT molecular complexity index is 277. The quantitative estimate of drug-likeness (QED) is 0.796. The number of hydrogen-bond acceptors (Lipinski definition) is 3. The van der Waals surface area contributed by atoms with Crippen molar-refractivity contribution in [2.24, 2.45) is 5.41 Å². The van der Waals surface area contributed by atoms with E-state index in [2.05, 4.69) is 42.9 Å². The summed E-state index contributed by atoms with van der Waals surface area (Å²) in [4.78, 5) is 5.21. The largest absolute Gasteiger partial charge is 0.313 e. The van der Waals surface area contributed by atoms with Crippen LogP contribution < -0.4 is 5.32 Å². The SMILES string of the molecule is CCC(C)(CNC1CC1)CN1CCCN(C)CC1C. The van der Waals surface area contributed by atoms with E-state index in [4.69, 9.17) is 0 Å². The molecule has 0 spiro atoms. The second-order valence-electron chi connectivity index (χ2n) is 7.25. The van der Waals surface area contributed by atoms with Crippen LogP contribution in [0.3, 0.4) is 0 Å². The average molecular weight is 267 g/mol. The summed E-state index contributed by atoms with van der Waals surface area (Å²) in [5.74, 6) is 0. The van der Waals surface area contributed by atoms with E-state index < -0.39 is 0 Å². The van der Waals surface area contributed by atoms with E-state index in [1.165, 1.54) is 58.4 Å². The first-order valence-electron chi connectivity index (χ1n) is 8.18. The molecule has 19 heavy (non-hydrogen) atoms. The molecule has 2 aliphatic rings. The molecule has 3 heteroatoms. The monoisotopic (exact) mass is 267 g/mol. The van der Waals surface area contributed by atoms with Gasteiger partial charge in [-0.2, -0.15) is 0 Å². The average Bonchev–Trinajstić information content (AvgIpc) is 3.19. The maximum absolute atomic E-state index is 3.74. The van der Waals surface area contributed by atoms with Gasteiger partial charge >= 0.3 is 0 Å². The normalized spacial score (nSPS) is 30.0. The molecule has 0 bridgehead atoms. The molecule has 2 fully saturated rings. The zero-order valence-electron chi connectivity index (χ0n) is 13.4. The van der Waals surface area contributed by atoms with Crippen LogP contribution in [0.25, 0.3) is 0 Å². The van der Waals surface area contributed by atoms with Crippen LogP contribution in [0.1, 0.15) is 46.5 Å². The summed E-state index contributed by atoms with van der Waals surface area (Å²) < 4.78 is 0. The standard InChI is InChI=1S/C16H33N3/c1-5-16(3,12-17-15-7-8-15)13-19-10-6-9-18(4)11-14(19)2/h14-15,17H,5-13H2,1-4H3. The molecule has 1 N–H and O–H groups in total. The highest BCUT2D eigenvalue weighted by atomic mass is 15.2. The molecule has 0 radical (unpaired) electrons. The van der Waals surface area contributed by atoms with E-state index in [1.807, 2.05) is 0 Å². The molecule has 1 saturated carbocycles. The van der Waals surface area contributed by atoms with Gasteiger partial charge in [0.05, 0.1) is 0 Å². The van der Waals surface area contributed by atoms with Crippen LogP contribution in [0.4, 0.5) is 0 Å². The van der Waals surface area contributed by atoms with Gasteiger partial charge in [0.25, 0.3) is 0 Å². The predicted molar refractivity (Wildman–Crippen MR) is 82.6 cm³/mol. The third kappa shape index (κ3) is 4.73. The van der Waals surface area contributed by atoms with Crippen LogP contribution in [-0.2, 0) is 0 Å². The van der Waals surface area contributed by atoms with Crippen molar-refractivity contribution in [2.75, 3.05) is 39.8 Å². The smallest absolute Gasteiger partial charge is 0.0195 e. The number of hydrogen-bond donors (Lipinski definition) is 1. The minimum Gasteiger partial charge on any atom is -0.313 e. The summed E-state index contributed by atoms with van der Waals surface area (Å²) in [5, 5.41) is 3.74. The van der Waals surface area contributed by atoms with E-state index >= 15 is 0 Å². The highest BCUT2D eigenvalue weighted by Crippen LogP contribution is 2.26. The van der Waals surface area contributed by atoms with Crippen LogP contribution in [0, 0.1) is 5.41 Å². The van der Waals surface area contributed by atoms with Crippen LogP contribution in [0.5, 0.6) is 0 Å². The van der Waals surface area contributed by atoms with Crippen LogP contribution in [0.2, 0.25) is 0 Å². The van der Waals surface area contributed by atoms with Crippen molar-refractivity contribution in [3.05, 3.63) is 0 Å². The summed E-state index contributed by atoms with van der Waals surface area (Å²) in [5.41, 5.74) is 0.430. The lowest BCUT2D eigenvalue weighted by molar-refractivity contribution is 0.120. The van der Waals surface area contributed by atoms with Crippen molar-refractivity contribution in [3.63, 3.8) is 0 Å². The van der Waals surface area contributed by atoms with Gasteiger partial charge in [0, 0.05) is 31.7 Å². The van der Waals surface area contributed by atoms with Gasteiger partial charge in [0.2, 0.25) is 0 Å². The lowest BCUT2D eigenvalue weighted by Crippen LogP contribution is -2.47. The summed E-state index contributed by atoms with van der Waals surface area (Å²) in [6.45, 7) is 13.4. The predicted octanol–water partition coefficient (Wildman–Crippen LogP) is 2.18. The van der Waals surface area contributed by atoms with Crippen molar-refractivity contribution in [3.8, 4) is 0 Å². The zero-order chi connectivity index (χ0) is 13.9. The molecular formula is C16H33N3. The Hall–Kier alpha value is -0.120. The first-order valence-corrected chi connectivity index (χ1v) is 8.18. The van der Waals surface area contributed by atoms with Crippen molar-refractivity contribution in [2.45, 2.75) is 58.5 Å². The molecule has 3 nitrogen and oxygen atoms in total. The molecule has 0 amide bonds. The van der Waals surface area contributed by atoms with Crippen LogP contribution in [0.15, 0.2) is 0 Å². The molecule has 1 saturated heterocycles. The molecule has 2 rings (SSSR count). The summed E-state index contributed by atoms with van der Waals surface area (Å²) >= 11 is 0. The van der Waals surface area contributed by atoms with E-state index in [-0.39, 0.29) is 0 Å². The molecular weight excluding hydrogens is 234 g/mol. The topological polar surface area (TPSA) is 18.5 Å².